The van der Waals surface area contributed by atoms with Gasteiger partial charge in [0.2, 0.25) is 0 Å². The molecule has 0 saturated carbocycles. The SMILES string of the molecule is Clc1cccc(CN2CCNCC2)c1Br. The molecule has 1 heterocycles. The predicted octanol–water partition coefficient (Wildman–Crippen LogP) is 2.51. The quantitative estimate of drug-likeness (QED) is 0.900. The largest absolute Gasteiger partial charge is 0.314 e. The normalized spacial score (nSPS) is 18.0. The van der Waals surface area contributed by atoms with Gasteiger partial charge in [0.25, 0.3) is 0 Å². The zero-order chi connectivity index (χ0) is 10.7. The highest BCUT2D eigenvalue weighted by Gasteiger charge is 2.12. The van der Waals surface area contributed by atoms with Crippen molar-refractivity contribution in [3.63, 3.8) is 0 Å². The fourth-order valence-electron chi connectivity index (χ4n) is 1.78. The molecule has 15 heavy (non-hydrogen) atoms. The average Bonchev–Trinajstić information content (AvgIpc) is 2.26. The van der Waals surface area contributed by atoms with Crippen molar-refractivity contribution >= 4 is 27.5 Å². The van der Waals surface area contributed by atoms with Gasteiger partial charge in [0.1, 0.15) is 0 Å². The Bertz CT molecular complexity index is 337. The van der Waals surface area contributed by atoms with E-state index in [4.69, 9.17) is 11.6 Å². The van der Waals surface area contributed by atoms with Crippen molar-refractivity contribution in [1.82, 2.24) is 10.2 Å². The Hall–Kier alpha value is -0.0900. The highest BCUT2D eigenvalue weighted by Crippen LogP contribution is 2.27. The van der Waals surface area contributed by atoms with Crippen LogP contribution in [-0.4, -0.2) is 31.1 Å². The summed E-state index contributed by atoms with van der Waals surface area (Å²) in [6.45, 7) is 5.36. The minimum Gasteiger partial charge on any atom is -0.314 e. The summed E-state index contributed by atoms with van der Waals surface area (Å²) in [6, 6.07) is 6.04. The molecular formula is C11H14BrClN2. The van der Waals surface area contributed by atoms with Gasteiger partial charge in [-0.1, -0.05) is 23.7 Å². The third-order valence-corrected chi connectivity index (χ3v) is 4.11. The van der Waals surface area contributed by atoms with Crippen LogP contribution < -0.4 is 5.32 Å². The van der Waals surface area contributed by atoms with Crippen LogP contribution in [0.1, 0.15) is 5.56 Å². The Morgan fingerprint density at radius 3 is 2.80 bits per heavy atom. The third-order valence-electron chi connectivity index (χ3n) is 2.64. The number of piperazine rings is 1. The van der Waals surface area contributed by atoms with Crippen LogP contribution in [-0.2, 0) is 6.54 Å². The second kappa shape index (κ2) is 5.30. The lowest BCUT2D eigenvalue weighted by molar-refractivity contribution is 0.233. The van der Waals surface area contributed by atoms with Crippen LogP contribution in [0.3, 0.4) is 0 Å². The van der Waals surface area contributed by atoms with Gasteiger partial charge in [-0.2, -0.15) is 0 Å². The molecule has 1 aliphatic rings. The minimum absolute atomic E-state index is 0.794. The molecule has 1 aliphatic heterocycles. The van der Waals surface area contributed by atoms with Crippen molar-refractivity contribution in [2.45, 2.75) is 6.54 Å². The molecule has 0 aliphatic carbocycles. The van der Waals surface area contributed by atoms with E-state index in [1.54, 1.807) is 0 Å². The maximum Gasteiger partial charge on any atom is 0.0551 e. The second-order valence-electron chi connectivity index (χ2n) is 3.74. The predicted molar refractivity (Wildman–Crippen MR) is 67.3 cm³/mol. The first kappa shape index (κ1) is 11.4. The highest BCUT2D eigenvalue weighted by molar-refractivity contribution is 9.10. The lowest BCUT2D eigenvalue weighted by atomic mass is 10.2. The Labute approximate surface area is 104 Å². The van der Waals surface area contributed by atoms with Crippen LogP contribution in [0.2, 0.25) is 5.02 Å². The van der Waals surface area contributed by atoms with E-state index in [0.717, 1.165) is 42.2 Å². The molecule has 0 bridgehead atoms. The smallest absolute Gasteiger partial charge is 0.0551 e. The molecule has 0 unspecified atom stereocenters. The summed E-state index contributed by atoms with van der Waals surface area (Å²) in [6.07, 6.45) is 0. The van der Waals surface area contributed by atoms with Gasteiger partial charge in [-0.25, -0.2) is 0 Å². The molecular weight excluding hydrogens is 275 g/mol. The standard InChI is InChI=1S/C11H14BrClN2/c12-11-9(2-1-3-10(11)13)8-15-6-4-14-5-7-15/h1-3,14H,4-8H2. The minimum atomic E-state index is 0.794. The van der Waals surface area contributed by atoms with Gasteiger partial charge in [0.05, 0.1) is 5.02 Å². The van der Waals surface area contributed by atoms with Gasteiger partial charge in [-0.3, -0.25) is 4.90 Å². The fourth-order valence-corrected chi connectivity index (χ4v) is 2.36. The van der Waals surface area contributed by atoms with E-state index in [9.17, 15) is 0 Å². The zero-order valence-corrected chi connectivity index (χ0v) is 10.8. The van der Waals surface area contributed by atoms with Crippen molar-refractivity contribution in [3.8, 4) is 0 Å². The fraction of sp³-hybridized carbons (Fsp3) is 0.455. The highest BCUT2D eigenvalue weighted by atomic mass is 79.9. The van der Waals surface area contributed by atoms with E-state index in [1.807, 2.05) is 12.1 Å². The van der Waals surface area contributed by atoms with E-state index in [2.05, 4.69) is 32.2 Å². The lowest BCUT2D eigenvalue weighted by Crippen LogP contribution is -2.42. The van der Waals surface area contributed by atoms with E-state index >= 15 is 0 Å². The zero-order valence-electron chi connectivity index (χ0n) is 8.47. The summed E-state index contributed by atoms with van der Waals surface area (Å²) in [5.74, 6) is 0. The first-order chi connectivity index (χ1) is 7.27. The lowest BCUT2D eigenvalue weighted by Gasteiger charge is -2.27. The first-order valence-corrected chi connectivity index (χ1v) is 6.30. The molecule has 1 N–H and O–H groups in total. The molecule has 0 radical (unpaired) electrons. The summed E-state index contributed by atoms with van der Waals surface area (Å²) >= 11 is 9.59. The molecule has 2 nitrogen and oxygen atoms in total. The van der Waals surface area contributed by atoms with Gasteiger partial charge in [0.15, 0.2) is 0 Å². The topological polar surface area (TPSA) is 15.3 Å². The van der Waals surface area contributed by atoms with Crippen LogP contribution >= 0.6 is 27.5 Å². The Morgan fingerprint density at radius 1 is 1.33 bits per heavy atom. The maximum atomic E-state index is 6.05. The summed E-state index contributed by atoms with van der Waals surface area (Å²) < 4.78 is 1.03. The maximum absolute atomic E-state index is 6.05. The van der Waals surface area contributed by atoms with Crippen molar-refractivity contribution in [2.24, 2.45) is 0 Å². The molecule has 1 fully saturated rings. The average molecular weight is 290 g/mol. The molecule has 0 amide bonds. The number of nitrogens with zero attached hydrogens (tertiary/aromatic N) is 1. The summed E-state index contributed by atoms with van der Waals surface area (Å²) in [4.78, 5) is 2.44. The molecule has 1 saturated heterocycles. The molecule has 1 aromatic carbocycles. The van der Waals surface area contributed by atoms with E-state index < -0.39 is 0 Å². The monoisotopic (exact) mass is 288 g/mol. The summed E-state index contributed by atoms with van der Waals surface area (Å²) in [5.41, 5.74) is 1.27. The molecule has 0 atom stereocenters. The van der Waals surface area contributed by atoms with Crippen LogP contribution in [0.25, 0.3) is 0 Å². The summed E-state index contributed by atoms with van der Waals surface area (Å²) in [7, 11) is 0. The van der Waals surface area contributed by atoms with Crippen LogP contribution in [0.15, 0.2) is 22.7 Å². The van der Waals surface area contributed by atoms with Crippen molar-refractivity contribution < 1.29 is 0 Å². The molecule has 82 valence electrons. The Morgan fingerprint density at radius 2 is 2.07 bits per heavy atom. The number of halogens is 2. The van der Waals surface area contributed by atoms with E-state index in [-0.39, 0.29) is 0 Å². The van der Waals surface area contributed by atoms with Crippen molar-refractivity contribution in [1.29, 1.82) is 0 Å². The van der Waals surface area contributed by atoms with Gasteiger partial charge < -0.3 is 5.32 Å². The van der Waals surface area contributed by atoms with Gasteiger partial charge >= 0.3 is 0 Å². The van der Waals surface area contributed by atoms with Crippen molar-refractivity contribution in [2.75, 3.05) is 26.2 Å². The number of rotatable bonds is 2. The molecule has 2 rings (SSSR count). The Kier molecular flexibility index (Phi) is 4.03. The van der Waals surface area contributed by atoms with Crippen molar-refractivity contribution in [3.05, 3.63) is 33.3 Å². The third kappa shape index (κ3) is 2.94. The molecule has 4 heteroatoms. The summed E-state index contributed by atoms with van der Waals surface area (Å²) in [5, 5.41) is 4.14. The van der Waals surface area contributed by atoms with Gasteiger partial charge in [-0.05, 0) is 27.6 Å². The molecule has 1 aromatic rings. The van der Waals surface area contributed by atoms with E-state index in [1.165, 1.54) is 5.56 Å². The number of hydrogen-bond acceptors (Lipinski definition) is 2. The molecule has 0 aromatic heterocycles. The van der Waals surface area contributed by atoms with Gasteiger partial charge in [0, 0.05) is 37.2 Å². The second-order valence-corrected chi connectivity index (χ2v) is 4.94. The Balaban J connectivity index is 2.06. The number of benzene rings is 1. The first-order valence-electron chi connectivity index (χ1n) is 5.13. The van der Waals surface area contributed by atoms with Crippen LogP contribution in [0.5, 0.6) is 0 Å². The van der Waals surface area contributed by atoms with Crippen LogP contribution in [0, 0.1) is 0 Å². The van der Waals surface area contributed by atoms with Crippen LogP contribution in [0.4, 0.5) is 0 Å². The molecule has 0 spiro atoms. The number of hydrogen-bond donors (Lipinski definition) is 1. The van der Waals surface area contributed by atoms with E-state index in [0.29, 0.717) is 0 Å². The van der Waals surface area contributed by atoms with Gasteiger partial charge in [-0.15, -0.1) is 0 Å². The number of nitrogens with one attached hydrogen (secondary N) is 1.